The number of benzene rings is 1. The third-order valence-electron chi connectivity index (χ3n) is 5.51. The average molecular weight is 287 g/mol. The Kier molecular flexibility index (Phi) is 4.84. The minimum Gasteiger partial charge on any atom is -0.508 e. The Bertz CT molecular complexity index is 463. The molecule has 1 aromatic rings. The largest absolute Gasteiger partial charge is 0.508 e. The van der Waals surface area contributed by atoms with Gasteiger partial charge in [-0.3, -0.25) is 0 Å². The lowest BCUT2D eigenvalue weighted by molar-refractivity contribution is 0.296. The molecular weight excluding hydrogens is 258 g/mol. The fourth-order valence-electron chi connectivity index (χ4n) is 4.24. The van der Waals surface area contributed by atoms with Gasteiger partial charge in [0, 0.05) is 12.1 Å². The number of hydrogen-bond acceptors (Lipinski definition) is 2. The van der Waals surface area contributed by atoms with Crippen molar-refractivity contribution in [2.45, 2.75) is 76.8 Å². The molecule has 0 saturated heterocycles. The van der Waals surface area contributed by atoms with E-state index in [1.807, 2.05) is 12.1 Å². The fourth-order valence-corrected chi connectivity index (χ4v) is 4.24. The molecule has 2 N–H and O–H groups in total. The van der Waals surface area contributed by atoms with Gasteiger partial charge in [0.15, 0.2) is 0 Å². The minimum atomic E-state index is 0.409. The van der Waals surface area contributed by atoms with Crippen molar-refractivity contribution in [3.63, 3.8) is 0 Å². The number of aryl methyl sites for hydroxylation is 1. The molecule has 1 saturated carbocycles. The predicted octanol–water partition coefficient (Wildman–Crippen LogP) is 4.72. The molecule has 2 aliphatic carbocycles. The van der Waals surface area contributed by atoms with Crippen LogP contribution in [0.3, 0.4) is 0 Å². The van der Waals surface area contributed by atoms with E-state index in [4.69, 9.17) is 0 Å². The van der Waals surface area contributed by atoms with Crippen LogP contribution in [0.4, 0.5) is 0 Å². The zero-order chi connectivity index (χ0) is 14.7. The van der Waals surface area contributed by atoms with E-state index in [0.29, 0.717) is 17.8 Å². The van der Waals surface area contributed by atoms with Gasteiger partial charge < -0.3 is 10.4 Å². The maximum absolute atomic E-state index is 9.67. The number of phenols is 1. The highest BCUT2D eigenvalue weighted by Crippen LogP contribution is 2.34. The van der Waals surface area contributed by atoms with Crippen LogP contribution in [0.25, 0.3) is 0 Å². The van der Waals surface area contributed by atoms with Crippen molar-refractivity contribution in [3.05, 3.63) is 29.3 Å². The SMILES string of the molecule is C[C@@H](NC1CCCc2cc(O)ccc21)C1CCCCCC1. The standard InChI is InChI=1S/C19H29NO/c1-14(15-7-4-2-3-5-8-15)20-19-10-6-9-16-13-17(21)11-12-18(16)19/h11-15,19-21H,2-10H2,1H3/t14-,19?/m1/s1. The molecule has 3 rings (SSSR count). The summed E-state index contributed by atoms with van der Waals surface area (Å²) in [6.07, 6.45) is 12.0. The summed E-state index contributed by atoms with van der Waals surface area (Å²) in [7, 11) is 0. The van der Waals surface area contributed by atoms with Crippen LogP contribution in [0.2, 0.25) is 0 Å². The van der Waals surface area contributed by atoms with E-state index in [1.54, 1.807) is 0 Å². The zero-order valence-corrected chi connectivity index (χ0v) is 13.3. The Balaban J connectivity index is 1.68. The lowest BCUT2D eigenvalue weighted by atomic mass is 9.85. The predicted molar refractivity (Wildman–Crippen MR) is 87.6 cm³/mol. The van der Waals surface area contributed by atoms with Gasteiger partial charge in [-0.2, -0.15) is 0 Å². The topological polar surface area (TPSA) is 32.3 Å². The zero-order valence-electron chi connectivity index (χ0n) is 13.3. The van der Waals surface area contributed by atoms with Gasteiger partial charge in [0.1, 0.15) is 5.75 Å². The first-order valence-corrected chi connectivity index (χ1v) is 8.82. The lowest BCUT2D eigenvalue weighted by Crippen LogP contribution is -2.37. The van der Waals surface area contributed by atoms with Gasteiger partial charge in [0.25, 0.3) is 0 Å². The Morgan fingerprint density at radius 3 is 2.57 bits per heavy atom. The summed E-state index contributed by atoms with van der Waals surface area (Å²) in [6.45, 7) is 2.38. The van der Waals surface area contributed by atoms with E-state index >= 15 is 0 Å². The Hall–Kier alpha value is -1.02. The number of rotatable bonds is 3. The molecule has 0 spiro atoms. The second kappa shape index (κ2) is 6.83. The third-order valence-corrected chi connectivity index (χ3v) is 5.51. The van der Waals surface area contributed by atoms with Crippen LogP contribution in [-0.4, -0.2) is 11.1 Å². The van der Waals surface area contributed by atoms with Crippen molar-refractivity contribution in [2.24, 2.45) is 5.92 Å². The van der Waals surface area contributed by atoms with Gasteiger partial charge in [-0.1, -0.05) is 31.7 Å². The summed E-state index contributed by atoms with van der Waals surface area (Å²) in [6, 6.07) is 7.01. The van der Waals surface area contributed by atoms with E-state index in [1.165, 1.54) is 62.5 Å². The van der Waals surface area contributed by atoms with Gasteiger partial charge in [-0.05, 0) is 68.2 Å². The number of hydrogen-bond donors (Lipinski definition) is 2. The average Bonchev–Trinajstić information content (AvgIpc) is 2.76. The van der Waals surface area contributed by atoms with Crippen LogP contribution in [0.1, 0.15) is 75.5 Å². The number of fused-ring (bicyclic) bond motifs is 1. The molecule has 0 bridgehead atoms. The quantitative estimate of drug-likeness (QED) is 0.789. The van der Waals surface area contributed by atoms with Crippen molar-refractivity contribution in [3.8, 4) is 5.75 Å². The van der Waals surface area contributed by atoms with Gasteiger partial charge in [-0.25, -0.2) is 0 Å². The molecule has 0 amide bonds. The maximum Gasteiger partial charge on any atom is 0.115 e. The van der Waals surface area contributed by atoms with Gasteiger partial charge in [-0.15, -0.1) is 0 Å². The van der Waals surface area contributed by atoms with Gasteiger partial charge >= 0.3 is 0 Å². The molecule has 1 unspecified atom stereocenters. The first-order valence-electron chi connectivity index (χ1n) is 8.82. The minimum absolute atomic E-state index is 0.409. The summed E-state index contributed by atoms with van der Waals surface area (Å²) in [5, 5.41) is 13.6. The first-order chi connectivity index (χ1) is 10.2. The first kappa shape index (κ1) is 14.9. The molecule has 116 valence electrons. The second-order valence-corrected chi connectivity index (χ2v) is 7.03. The van der Waals surface area contributed by atoms with Crippen molar-refractivity contribution >= 4 is 0 Å². The van der Waals surface area contributed by atoms with E-state index in [9.17, 15) is 5.11 Å². The summed E-state index contributed by atoms with van der Waals surface area (Å²) >= 11 is 0. The Labute approximate surface area is 129 Å². The summed E-state index contributed by atoms with van der Waals surface area (Å²) < 4.78 is 0. The van der Waals surface area contributed by atoms with E-state index in [2.05, 4.69) is 18.3 Å². The smallest absolute Gasteiger partial charge is 0.115 e. The van der Waals surface area contributed by atoms with E-state index < -0.39 is 0 Å². The van der Waals surface area contributed by atoms with Gasteiger partial charge in [0.05, 0.1) is 0 Å². The summed E-state index contributed by atoms with van der Waals surface area (Å²) in [4.78, 5) is 0. The lowest BCUT2D eigenvalue weighted by Gasteiger charge is -2.32. The molecule has 21 heavy (non-hydrogen) atoms. The highest BCUT2D eigenvalue weighted by Gasteiger charge is 2.25. The normalized spacial score (nSPS) is 25.1. The van der Waals surface area contributed by atoms with Crippen LogP contribution in [-0.2, 0) is 6.42 Å². The molecular formula is C19H29NO. The molecule has 0 radical (unpaired) electrons. The van der Waals surface area contributed by atoms with Crippen LogP contribution in [0.5, 0.6) is 5.75 Å². The van der Waals surface area contributed by atoms with Crippen LogP contribution in [0.15, 0.2) is 18.2 Å². The van der Waals surface area contributed by atoms with Crippen molar-refractivity contribution in [1.29, 1.82) is 0 Å². The monoisotopic (exact) mass is 287 g/mol. The van der Waals surface area contributed by atoms with Crippen LogP contribution in [0, 0.1) is 5.92 Å². The number of nitrogens with one attached hydrogen (secondary N) is 1. The van der Waals surface area contributed by atoms with Crippen molar-refractivity contribution in [1.82, 2.24) is 5.32 Å². The van der Waals surface area contributed by atoms with E-state index in [-0.39, 0.29) is 0 Å². The molecule has 2 atom stereocenters. The number of aromatic hydroxyl groups is 1. The molecule has 0 heterocycles. The molecule has 0 aromatic heterocycles. The molecule has 0 aliphatic heterocycles. The Morgan fingerprint density at radius 1 is 1.05 bits per heavy atom. The number of phenolic OH excluding ortho intramolecular Hbond substituents is 1. The maximum atomic E-state index is 9.67. The molecule has 2 aliphatic rings. The van der Waals surface area contributed by atoms with Crippen LogP contribution < -0.4 is 5.32 Å². The van der Waals surface area contributed by atoms with Crippen molar-refractivity contribution < 1.29 is 5.11 Å². The van der Waals surface area contributed by atoms with Crippen LogP contribution >= 0.6 is 0 Å². The molecule has 2 nitrogen and oxygen atoms in total. The highest BCUT2D eigenvalue weighted by atomic mass is 16.3. The van der Waals surface area contributed by atoms with E-state index in [0.717, 1.165) is 12.3 Å². The second-order valence-electron chi connectivity index (χ2n) is 7.03. The summed E-state index contributed by atoms with van der Waals surface area (Å²) in [5.41, 5.74) is 2.76. The highest BCUT2D eigenvalue weighted by molar-refractivity contribution is 5.38. The molecule has 1 fully saturated rings. The Morgan fingerprint density at radius 2 is 1.81 bits per heavy atom. The van der Waals surface area contributed by atoms with Crippen molar-refractivity contribution in [2.75, 3.05) is 0 Å². The van der Waals surface area contributed by atoms with Gasteiger partial charge in [0.2, 0.25) is 0 Å². The fraction of sp³-hybridized carbons (Fsp3) is 0.684. The third kappa shape index (κ3) is 3.60. The summed E-state index contributed by atoms with van der Waals surface area (Å²) in [5.74, 6) is 1.25. The molecule has 2 heteroatoms. The molecule has 1 aromatic carbocycles.